The molecule has 4 aromatic carbocycles. The summed E-state index contributed by atoms with van der Waals surface area (Å²) in [5.41, 5.74) is 3.62. The number of aromatic nitrogens is 4. The normalized spacial score (nSPS) is 11.7. The highest BCUT2D eigenvalue weighted by Crippen LogP contribution is 2.40. The van der Waals surface area contributed by atoms with Gasteiger partial charge in [0.05, 0.1) is 11.1 Å². The zero-order chi connectivity index (χ0) is 28.4. The van der Waals surface area contributed by atoms with Gasteiger partial charge in [-0.1, -0.05) is 66.2 Å². The Hall–Kier alpha value is -3.85. The Morgan fingerprint density at radius 1 is 0.524 bits per heavy atom. The molecule has 0 N–H and O–H groups in total. The number of hydrogen-bond donors (Lipinski definition) is 0. The third-order valence-corrected chi connectivity index (χ3v) is 9.77. The van der Waals surface area contributed by atoms with Crippen molar-refractivity contribution in [2.45, 2.75) is 0 Å². The number of halogens is 3. The zero-order valence-corrected chi connectivity index (χ0v) is 25.2. The number of rotatable bonds is 1. The van der Waals surface area contributed by atoms with E-state index >= 15 is 0 Å². The van der Waals surface area contributed by atoms with E-state index in [0.717, 1.165) is 69.1 Å². The predicted molar refractivity (Wildman–Crippen MR) is 178 cm³/mol. The predicted octanol–water partition coefficient (Wildman–Crippen LogP) is 11.2. The maximum atomic E-state index is 6.26. The van der Waals surface area contributed by atoms with Crippen LogP contribution in [0.25, 0.3) is 73.8 Å². The molecule has 0 unspecified atom stereocenters. The van der Waals surface area contributed by atoms with E-state index in [4.69, 9.17) is 39.2 Å². The minimum Gasteiger partial charge on any atom is -0.456 e. The molecule has 0 atom stereocenters. The van der Waals surface area contributed by atoms with E-state index < -0.39 is 0 Å². The first-order valence-corrected chi connectivity index (χ1v) is 15.6. The summed E-state index contributed by atoms with van der Waals surface area (Å²) in [6.45, 7) is 0. The van der Waals surface area contributed by atoms with E-state index in [1.807, 2.05) is 66.7 Å². The molecule has 0 saturated carbocycles. The van der Waals surface area contributed by atoms with Gasteiger partial charge in [0.15, 0.2) is 0 Å². The Bertz CT molecular complexity index is 2480. The van der Waals surface area contributed by atoms with Gasteiger partial charge in [-0.3, -0.25) is 0 Å². The number of para-hydroxylation sites is 1. The van der Waals surface area contributed by atoms with E-state index in [-0.39, 0.29) is 10.6 Å². The van der Waals surface area contributed by atoms with Gasteiger partial charge in [0.1, 0.15) is 26.0 Å². The van der Waals surface area contributed by atoms with Crippen LogP contribution in [0.4, 0.5) is 0 Å². The maximum Gasteiger partial charge on any atom is 0.225 e. The quantitative estimate of drug-likeness (QED) is 0.132. The first kappa shape index (κ1) is 25.8. The molecular formula is C32H15Cl3N4OS2. The highest BCUT2D eigenvalue weighted by molar-refractivity contribution is 7.26. The molecule has 42 heavy (non-hydrogen) atoms. The Balaban J connectivity index is 0.000000150. The van der Waals surface area contributed by atoms with Crippen LogP contribution in [0.5, 0.6) is 0 Å². The molecule has 5 aromatic heterocycles. The van der Waals surface area contributed by atoms with Gasteiger partial charge in [0.2, 0.25) is 10.6 Å². The summed E-state index contributed by atoms with van der Waals surface area (Å²) in [6, 6.07) is 30.5. The summed E-state index contributed by atoms with van der Waals surface area (Å²) in [5.74, 6) is 0. The Labute approximate surface area is 261 Å². The number of thiophene rings is 2. The second kappa shape index (κ2) is 10.2. The standard InChI is InChI=1S/C22H11ClN2OS.C10H4Cl2N2S/c23-22-24-20(19-14-6-2-4-8-18(14)27-21(19)25-22)12-9-10-17-15(11-12)13-5-1-3-7-16(13)26-17;11-8-7-5-3-1-2-4-6(5)15-9(7)14-10(12)13-8/h1-11H;1-4H. The molecule has 0 aliphatic heterocycles. The van der Waals surface area contributed by atoms with Crippen LogP contribution in [0.1, 0.15) is 0 Å². The Kier molecular flexibility index (Phi) is 6.24. The number of nitrogens with zero attached hydrogens (tertiary/aromatic N) is 4. The van der Waals surface area contributed by atoms with Crippen molar-refractivity contribution in [1.82, 2.24) is 19.9 Å². The van der Waals surface area contributed by atoms with Crippen molar-refractivity contribution in [2.24, 2.45) is 0 Å². The fourth-order valence-electron chi connectivity index (χ4n) is 5.24. The van der Waals surface area contributed by atoms with Crippen molar-refractivity contribution in [1.29, 1.82) is 0 Å². The molecule has 0 spiro atoms. The number of furan rings is 1. The lowest BCUT2D eigenvalue weighted by Gasteiger charge is -2.04. The largest absolute Gasteiger partial charge is 0.456 e. The van der Waals surface area contributed by atoms with Crippen LogP contribution in [0.15, 0.2) is 95.4 Å². The Morgan fingerprint density at radius 3 is 1.83 bits per heavy atom. The molecule has 0 aliphatic carbocycles. The van der Waals surface area contributed by atoms with Gasteiger partial charge in [-0.25, -0.2) is 19.9 Å². The molecule has 10 heteroatoms. The second-order valence-corrected chi connectivity index (χ2v) is 12.6. The van der Waals surface area contributed by atoms with E-state index in [0.29, 0.717) is 5.15 Å². The topological polar surface area (TPSA) is 64.7 Å². The highest BCUT2D eigenvalue weighted by atomic mass is 35.5. The van der Waals surface area contributed by atoms with Crippen LogP contribution in [-0.2, 0) is 0 Å². The Morgan fingerprint density at radius 2 is 1.10 bits per heavy atom. The third kappa shape index (κ3) is 4.28. The average molecular weight is 642 g/mol. The number of fused-ring (bicyclic) bond motifs is 9. The van der Waals surface area contributed by atoms with Crippen LogP contribution in [0.2, 0.25) is 15.7 Å². The van der Waals surface area contributed by atoms with Gasteiger partial charge in [-0.15, -0.1) is 22.7 Å². The summed E-state index contributed by atoms with van der Waals surface area (Å²) in [4.78, 5) is 18.9. The van der Waals surface area contributed by atoms with Crippen molar-refractivity contribution in [3.8, 4) is 11.3 Å². The van der Waals surface area contributed by atoms with E-state index in [9.17, 15) is 0 Å². The molecule has 202 valence electrons. The molecule has 9 aromatic rings. The van der Waals surface area contributed by atoms with Crippen LogP contribution in [-0.4, -0.2) is 19.9 Å². The fourth-order valence-corrected chi connectivity index (χ4v) is 8.20. The van der Waals surface area contributed by atoms with Gasteiger partial charge in [0, 0.05) is 41.9 Å². The second-order valence-electron chi connectivity index (χ2n) is 9.49. The molecule has 5 nitrogen and oxygen atoms in total. The molecule has 0 bridgehead atoms. The monoisotopic (exact) mass is 640 g/mol. The van der Waals surface area contributed by atoms with Gasteiger partial charge in [0.25, 0.3) is 0 Å². The van der Waals surface area contributed by atoms with Crippen LogP contribution >= 0.6 is 57.5 Å². The van der Waals surface area contributed by atoms with E-state index in [2.05, 4.69) is 44.2 Å². The summed E-state index contributed by atoms with van der Waals surface area (Å²) in [5, 5.41) is 7.23. The van der Waals surface area contributed by atoms with Crippen molar-refractivity contribution >= 4 is 120 Å². The van der Waals surface area contributed by atoms with Crippen molar-refractivity contribution in [3.63, 3.8) is 0 Å². The third-order valence-electron chi connectivity index (χ3n) is 7.03. The van der Waals surface area contributed by atoms with Gasteiger partial charge >= 0.3 is 0 Å². The number of hydrogen-bond acceptors (Lipinski definition) is 7. The molecule has 0 radical (unpaired) electrons. The van der Waals surface area contributed by atoms with Gasteiger partial charge in [-0.05, 0) is 59.6 Å². The highest BCUT2D eigenvalue weighted by Gasteiger charge is 2.17. The lowest BCUT2D eigenvalue weighted by molar-refractivity contribution is 0.669. The van der Waals surface area contributed by atoms with Gasteiger partial charge < -0.3 is 4.42 Å². The van der Waals surface area contributed by atoms with Crippen molar-refractivity contribution < 1.29 is 4.42 Å². The molecule has 5 heterocycles. The molecule has 9 rings (SSSR count). The minimum absolute atomic E-state index is 0.194. The smallest absolute Gasteiger partial charge is 0.225 e. The zero-order valence-electron chi connectivity index (χ0n) is 21.3. The first-order valence-electron chi connectivity index (χ1n) is 12.8. The maximum absolute atomic E-state index is 6.26. The lowest BCUT2D eigenvalue weighted by atomic mass is 10.0. The lowest BCUT2D eigenvalue weighted by Crippen LogP contribution is -1.89. The van der Waals surface area contributed by atoms with E-state index in [1.165, 1.54) is 4.70 Å². The molecule has 0 amide bonds. The summed E-state index contributed by atoms with van der Waals surface area (Å²) >= 11 is 21.3. The average Bonchev–Trinajstić information content (AvgIpc) is 3.67. The van der Waals surface area contributed by atoms with Crippen LogP contribution in [0.3, 0.4) is 0 Å². The van der Waals surface area contributed by atoms with Crippen LogP contribution < -0.4 is 0 Å². The molecule has 0 aliphatic rings. The summed E-state index contributed by atoms with van der Waals surface area (Å²) in [6.07, 6.45) is 0. The summed E-state index contributed by atoms with van der Waals surface area (Å²) < 4.78 is 8.28. The van der Waals surface area contributed by atoms with Crippen LogP contribution in [0, 0.1) is 0 Å². The number of benzene rings is 4. The fraction of sp³-hybridized carbons (Fsp3) is 0. The molecular weight excluding hydrogens is 627 g/mol. The van der Waals surface area contributed by atoms with Crippen molar-refractivity contribution in [2.75, 3.05) is 0 Å². The van der Waals surface area contributed by atoms with Gasteiger partial charge in [-0.2, -0.15) is 0 Å². The SMILES string of the molecule is Clc1nc(-c2ccc3oc4ccccc4c3c2)c2c(n1)sc1ccccc12.Clc1nc(Cl)c2c(n1)sc1ccccc12. The molecule has 0 saturated heterocycles. The van der Waals surface area contributed by atoms with E-state index in [1.54, 1.807) is 22.7 Å². The molecule has 0 fully saturated rings. The minimum atomic E-state index is 0.194. The summed E-state index contributed by atoms with van der Waals surface area (Å²) in [7, 11) is 0. The first-order chi connectivity index (χ1) is 20.5. The van der Waals surface area contributed by atoms with Crippen molar-refractivity contribution in [3.05, 3.63) is 107 Å².